The Kier molecular flexibility index (Phi) is 1.92. The Morgan fingerprint density at radius 1 is 1.25 bits per heavy atom. The molecule has 0 fully saturated rings. The predicted molar refractivity (Wildman–Crippen MR) is 57.3 cm³/mol. The highest BCUT2D eigenvalue weighted by Crippen LogP contribution is 2.24. The van der Waals surface area contributed by atoms with Gasteiger partial charge in [0.1, 0.15) is 0 Å². The van der Waals surface area contributed by atoms with Gasteiger partial charge in [0.15, 0.2) is 0 Å². The Morgan fingerprint density at radius 3 is 2.88 bits per heavy atom. The van der Waals surface area contributed by atoms with Crippen LogP contribution in [0.3, 0.4) is 0 Å². The molecule has 0 aliphatic carbocycles. The zero-order chi connectivity index (χ0) is 11.0. The maximum absolute atomic E-state index is 5.47. The van der Waals surface area contributed by atoms with Crippen LogP contribution in [0.5, 0.6) is 5.88 Å². The maximum atomic E-state index is 5.47. The first-order valence-electron chi connectivity index (χ1n) is 5.00. The summed E-state index contributed by atoms with van der Waals surface area (Å²) in [7, 11) is 0. The summed E-state index contributed by atoms with van der Waals surface area (Å²) in [4.78, 5) is 0. The van der Waals surface area contributed by atoms with Crippen molar-refractivity contribution in [3.8, 4) is 5.88 Å². The minimum Gasteiger partial charge on any atom is -0.476 e. The lowest BCUT2D eigenvalue weighted by Crippen LogP contribution is -2.02. The van der Waals surface area contributed by atoms with Crippen LogP contribution in [0.25, 0.3) is 16.4 Å². The molecule has 0 radical (unpaired) electrons. The third kappa shape index (κ3) is 1.19. The Hall–Kier alpha value is -2.24. The molecule has 0 unspecified atom stereocenters. The predicted octanol–water partition coefficient (Wildman–Crippen LogP) is 1.07. The lowest BCUT2D eigenvalue weighted by atomic mass is 10.2. The van der Waals surface area contributed by atoms with E-state index in [-0.39, 0.29) is 0 Å². The molecule has 0 saturated carbocycles. The highest BCUT2D eigenvalue weighted by Gasteiger charge is 2.10. The molecule has 0 N–H and O–H groups in total. The van der Waals surface area contributed by atoms with Gasteiger partial charge in [-0.2, -0.15) is 0 Å². The van der Waals surface area contributed by atoms with Crippen LogP contribution in [0.4, 0.5) is 0 Å². The number of nitrogens with zero attached hydrogens (tertiary/aromatic N) is 5. The van der Waals surface area contributed by atoms with E-state index in [1.165, 1.54) is 4.63 Å². The smallest absolute Gasteiger partial charge is 0.241 e. The van der Waals surface area contributed by atoms with Gasteiger partial charge in [-0.15, -0.1) is 14.8 Å². The van der Waals surface area contributed by atoms with Crippen LogP contribution in [0.15, 0.2) is 24.3 Å². The number of fused-ring (bicyclic) bond motifs is 3. The monoisotopic (exact) mass is 215 g/mol. The Balaban J connectivity index is 2.45. The van der Waals surface area contributed by atoms with Crippen molar-refractivity contribution in [2.24, 2.45) is 0 Å². The van der Waals surface area contributed by atoms with E-state index < -0.39 is 0 Å². The molecule has 6 heteroatoms. The van der Waals surface area contributed by atoms with Gasteiger partial charge in [0.2, 0.25) is 11.5 Å². The van der Waals surface area contributed by atoms with E-state index in [1.807, 2.05) is 31.2 Å². The van der Waals surface area contributed by atoms with Gasteiger partial charge in [-0.1, -0.05) is 18.2 Å². The van der Waals surface area contributed by atoms with Gasteiger partial charge >= 0.3 is 0 Å². The third-order valence-electron chi connectivity index (χ3n) is 2.32. The highest BCUT2D eigenvalue weighted by atomic mass is 16.5. The van der Waals surface area contributed by atoms with Crippen molar-refractivity contribution in [1.82, 2.24) is 25.3 Å². The van der Waals surface area contributed by atoms with Crippen LogP contribution in [0, 0.1) is 0 Å². The zero-order valence-corrected chi connectivity index (χ0v) is 8.66. The summed E-state index contributed by atoms with van der Waals surface area (Å²) < 4.78 is 6.85. The average Bonchev–Trinajstić information content (AvgIpc) is 2.78. The SMILES string of the molecule is CCOc1nn2nnnc2c2ccccc12. The summed E-state index contributed by atoms with van der Waals surface area (Å²) in [6, 6.07) is 7.77. The van der Waals surface area contributed by atoms with Crippen LogP contribution in [-0.4, -0.2) is 31.9 Å². The van der Waals surface area contributed by atoms with Crippen molar-refractivity contribution in [3.63, 3.8) is 0 Å². The van der Waals surface area contributed by atoms with Crippen molar-refractivity contribution >= 4 is 16.4 Å². The largest absolute Gasteiger partial charge is 0.476 e. The van der Waals surface area contributed by atoms with Crippen LogP contribution < -0.4 is 4.74 Å². The molecule has 0 amide bonds. The number of benzene rings is 1. The zero-order valence-electron chi connectivity index (χ0n) is 8.66. The number of hydrogen-bond donors (Lipinski definition) is 0. The molecular formula is C10H9N5O. The Morgan fingerprint density at radius 2 is 2.06 bits per heavy atom. The number of ether oxygens (including phenoxy) is 1. The topological polar surface area (TPSA) is 65.2 Å². The average molecular weight is 215 g/mol. The summed E-state index contributed by atoms with van der Waals surface area (Å²) in [6.07, 6.45) is 0. The quantitative estimate of drug-likeness (QED) is 0.639. The first-order chi connectivity index (χ1) is 7.90. The third-order valence-corrected chi connectivity index (χ3v) is 2.32. The van der Waals surface area contributed by atoms with Crippen LogP contribution in [-0.2, 0) is 0 Å². The van der Waals surface area contributed by atoms with Gasteiger partial charge in [0, 0.05) is 10.8 Å². The molecule has 80 valence electrons. The lowest BCUT2D eigenvalue weighted by molar-refractivity contribution is 0.324. The minimum atomic E-state index is 0.554. The van der Waals surface area contributed by atoms with E-state index in [0.29, 0.717) is 18.1 Å². The normalized spacial score (nSPS) is 11.1. The fourth-order valence-electron chi connectivity index (χ4n) is 1.66. The Labute approximate surface area is 90.8 Å². The molecule has 0 aliphatic rings. The summed E-state index contributed by atoms with van der Waals surface area (Å²) >= 11 is 0. The van der Waals surface area contributed by atoms with Crippen molar-refractivity contribution in [3.05, 3.63) is 24.3 Å². The first kappa shape index (κ1) is 9.02. The van der Waals surface area contributed by atoms with E-state index in [1.54, 1.807) is 0 Å². The number of tetrazole rings is 1. The fourth-order valence-corrected chi connectivity index (χ4v) is 1.66. The van der Waals surface area contributed by atoms with E-state index in [2.05, 4.69) is 20.6 Å². The lowest BCUT2D eigenvalue weighted by Gasteiger charge is -2.05. The first-order valence-corrected chi connectivity index (χ1v) is 5.00. The molecule has 3 aromatic rings. The van der Waals surface area contributed by atoms with Crippen LogP contribution >= 0.6 is 0 Å². The number of hydrogen-bond acceptors (Lipinski definition) is 5. The van der Waals surface area contributed by atoms with E-state index in [0.717, 1.165) is 10.8 Å². The molecule has 0 aliphatic heterocycles. The van der Waals surface area contributed by atoms with Crippen molar-refractivity contribution in [2.75, 3.05) is 6.61 Å². The molecular weight excluding hydrogens is 206 g/mol. The molecule has 2 heterocycles. The molecule has 1 aromatic carbocycles. The van der Waals surface area contributed by atoms with Crippen molar-refractivity contribution < 1.29 is 4.74 Å². The molecule has 6 nitrogen and oxygen atoms in total. The number of aromatic nitrogens is 5. The summed E-state index contributed by atoms with van der Waals surface area (Å²) in [5, 5.41) is 17.4. The molecule has 0 bridgehead atoms. The van der Waals surface area contributed by atoms with Gasteiger partial charge < -0.3 is 4.74 Å². The minimum absolute atomic E-state index is 0.554. The molecule has 3 rings (SSSR count). The van der Waals surface area contributed by atoms with Crippen LogP contribution in [0.1, 0.15) is 6.92 Å². The van der Waals surface area contributed by atoms with Gasteiger partial charge in [0.25, 0.3) is 0 Å². The summed E-state index contributed by atoms with van der Waals surface area (Å²) in [5.74, 6) is 0.554. The highest BCUT2D eigenvalue weighted by molar-refractivity contribution is 5.96. The molecule has 2 aromatic heterocycles. The van der Waals surface area contributed by atoms with Gasteiger partial charge in [-0.05, 0) is 23.4 Å². The maximum Gasteiger partial charge on any atom is 0.241 e. The molecule has 0 saturated heterocycles. The molecule has 0 atom stereocenters. The van der Waals surface area contributed by atoms with Crippen molar-refractivity contribution in [2.45, 2.75) is 6.92 Å². The second-order valence-electron chi connectivity index (χ2n) is 3.28. The second kappa shape index (κ2) is 3.41. The number of rotatable bonds is 2. The molecule has 16 heavy (non-hydrogen) atoms. The van der Waals surface area contributed by atoms with Crippen molar-refractivity contribution in [1.29, 1.82) is 0 Å². The van der Waals surface area contributed by atoms with Gasteiger partial charge in [-0.25, -0.2) is 0 Å². The summed E-state index contributed by atoms with van der Waals surface area (Å²) in [5.41, 5.74) is 0.638. The molecule has 0 spiro atoms. The standard InChI is InChI=1S/C10H9N5O/c1-2-16-10-8-6-4-3-5-7(8)9-11-13-14-15(9)12-10/h3-6H,2H2,1H3. The van der Waals surface area contributed by atoms with E-state index in [9.17, 15) is 0 Å². The van der Waals surface area contributed by atoms with E-state index >= 15 is 0 Å². The van der Waals surface area contributed by atoms with Gasteiger partial charge in [-0.3, -0.25) is 0 Å². The van der Waals surface area contributed by atoms with Gasteiger partial charge in [0.05, 0.1) is 6.61 Å². The van der Waals surface area contributed by atoms with Crippen LogP contribution in [0.2, 0.25) is 0 Å². The summed E-state index contributed by atoms with van der Waals surface area (Å²) in [6.45, 7) is 2.48. The van der Waals surface area contributed by atoms with E-state index in [4.69, 9.17) is 4.74 Å². The second-order valence-corrected chi connectivity index (χ2v) is 3.28. The fraction of sp³-hybridized carbons (Fsp3) is 0.200. The Bertz CT molecular complexity index is 648.